The molecule has 0 aromatic heterocycles. The molecule has 2 aromatic carbocycles. The first-order valence-corrected chi connectivity index (χ1v) is 11.3. The lowest BCUT2D eigenvalue weighted by Crippen LogP contribution is -2.66. The van der Waals surface area contributed by atoms with Crippen molar-refractivity contribution in [1.82, 2.24) is 0 Å². The molecule has 2 aromatic rings. The lowest BCUT2D eigenvalue weighted by atomic mass is 10.0. The molecule has 1 N–H and O–H groups in total. The minimum Gasteiger partial charge on any atom is -0.407 e. The lowest BCUT2D eigenvalue weighted by molar-refractivity contribution is 0.106. The maximum atomic E-state index is 10.3. The van der Waals surface area contributed by atoms with Gasteiger partial charge in [-0.2, -0.15) is 0 Å². The van der Waals surface area contributed by atoms with Crippen LogP contribution in [0.2, 0.25) is 5.04 Å². The van der Waals surface area contributed by atoms with Crippen molar-refractivity contribution in [3.63, 3.8) is 0 Å². The predicted molar refractivity (Wildman–Crippen MR) is 114 cm³/mol. The highest BCUT2D eigenvalue weighted by atomic mass is 28.4. The van der Waals surface area contributed by atoms with Gasteiger partial charge in [0.05, 0.1) is 6.10 Å². The van der Waals surface area contributed by atoms with E-state index in [0.717, 1.165) is 0 Å². The van der Waals surface area contributed by atoms with Gasteiger partial charge < -0.3 is 9.53 Å². The van der Waals surface area contributed by atoms with Crippen molar-refractivity contribution >= 4 is 18.7 Å². The maximum Gasteiger partial charge on any atom is 0.261 e. The molecule has 26 heavy (non-hydrogen) atoms. The molecule has 0 heterocycles. The standard InChI is InChI=1S/C23H32O2Si/c1-6-19(2)22(24)17-18-25-26(23(3,4)5,20-13-9-7-10-14-20)21-15-11-8-12-16-21/h6-16,19,22,24H,1,17-18H2,2-5H3/t19-,22+/m1/s1. The van der Waals surface area contributed by atoms with Crippen molar-refractivity contribution in [2.75, 3.05) is 6.61 Å². The van der Waals surface area contributed by atoms with E-state index in [0.29, 0.717) is 13.0 Å². The van der Waals surface area contributed by atoms with Gasteiger partial charge in [-0.15, -0.1) is 6.58 Å². The summed E-state index contributed by atoms with van der Waals surface area (Å²) in [6.07, 6.45) is 1.98. The Morgan fingerprint density at radius 2 is 1.46 bits per heavy atom. The van der Waals surface area contributed by atoms with Gasteiger partial charge in [0.2, 0.25) is 0 Å². The molecular formula is C23H32O2Si. The molecule has 2 rings (SSSR count). The predicted octanol–water partition coefficient (Wildman–Crippen LogP) is 4.14. The van der Waals surface area contributed by atoms with Gasteiger partial charge in [0.1, 0.15) is 0 Å². The Morgan fingerprint density at radius 1 is 1.00 bits per heavy atom. The topological polar surface area (TPSA) is 29.5 Å². The first-order valence-electron chi connectivity index (χ1n) is 9.38. The molecule has 0 fully saturated rings. The molecule has 0 radical (unpaired) electrons. The van der Waals surface area contributed by atoms with Crippen LogP contribution >= 0.6 is 0 Å². The molecule has 0 spiro atoms. The van der Waals surface area contributed by atoms with Crippen LogP contribution in [0.15, 0.2) is 73.3 Å². The number of rotatable bonds is 8. The lowest BCUT2D eigenvalue weighted by Gasteiger charge is -2.43. The van der Waals surface area contributed by atoms with Crippen molar-refractivity contribution in [1.29, 1.82) is 0 Å². The van der Waals surface area contributed by atoms with Crippen LogP contribution < -0.4 is 10.4 Å². The van der Waals surface area contributed by atoms with Crippen LogP contribution in [0, 0.1) is 5.92 Å². The Labute approximate surface area is 159 Å². The number of aliphatic hydroxyl groups is 1. The second-order valence-electron chi connectivity index (χ2n) is 7.96. The minimum absolute atomic E-state index is 0.0370. The van der Waals surface area contributed by atoms with Gasteiger partial charge in [-0.3, -0.25) is 0 Å². The average molecular weight is 369 g/mol. The summed E-state index contributed by atoms with van der Waals surface area (Å²) >= 11 is 0. The van der Waals surface area contributed by atoms with Crippen molar-refractivity contribution in [2.45, 2.75) is 45.3 Å². The van der Waals surface area contributed by atoms with Gasteiger partial charge in [-0.25, -0.2) is 0 Å². The summed E-state index contributed by atoms with van der Waals surface area (Å²) in [5, 5.41) is 12.8. The van der Waals surface area contributed by atoms with E-state index in [2.05, 4.69) is 75.9 Å². The van der Waals surface area contributed by atoms with Gasteiger partial charge in [0.25, 0.3) is 8.32 Å². The third-order valence-electron chi connectivity index (χ3n) is 5.13. The zero-order valence-corrected chi connectivity index (χ0v) is 17.5. The number of benzene rings is 2. The molecule has 0 aliphatic rings. The molecule has 0 aliphatic carbocycles. The molecule has 0 unspecified atom stereocenters. The Balaban J connectivity index is 2.42. The van der Waals surface area contributed by atoms with Gasteiger partial charge in [0.15, 0.2) is 0 Å². The number of aliphatic hydroxyl groups excluding tert-OH is 1. The largest absolute Gasteiger partial charge is 0.407 e. The first kappa shape index (κ1) is 20.6. The molecule has 3 heteroatoms. The van der Waals surface area contributed by atoms with Crippen molar-refractivity contribution in [3.05, 3.63) is 73.3 Å². The van der Waals surface area contributed by atoms with E-state index in [1.54, 1.807) is 6.08 Å². The normalized spacial score (nSPS) is 14.7. The summed E-state index contributed by atoms with van der Waals surface area (Å²) in [7, 11) is -2.50. The van der Waals surface area contributed by atoms with Crippen LogP contribution in [0.4, 0.5) is 0 Å². The van der Waals surface area contributed by atoms with E-state index in [-0.39, 0.29) is 11.0 Å². The highest BCUT2D eigenvalue weighted by Gasteiger charge is 2.50. The van der Waals surface area contributed by atoms with Crippen molar-refractivity contribution in [2.24, 2.45) is 5.92 Å². The fraction of sp³-hybridized carbons (Fsp3) is 0.391. The van der Waals surface area contributed by atoms with Crippen LogP contribution in [0.3, 0.4) is 0 Å². The molecule has 2 atom stereocenters. The fourth-order valence-electron chi connectivity index (χ4n) is 3.51. The van der Waals surface area contributed by atoms with E-state index < -0.39 is 14.4 Å². The second-order valence-corrected chi connectivity index (χ2v) is 12.3. The van der Waals surface area contributed by atoms with Crippen LogP contribution in [-0.4, -0.2) is 26.1 Å². The molecule has 0 saturated carbocycles. The van der Waals surface area contributed by atoms with E-state index in [1.165, 1.54) is 10.4 Å². The van der Waals surface area contributed by atoms with Crippen molar-refractivity contribution in [3.8, 4) is 0 Å². The first-order chi connectivity index (χ1) is 12.3. The summed E-state index contributed by atoms with van der Waals surface area (Å²) in [6.45, 7) is 13.1. The Morgan fingerprint density at radius 3 is 1.85 bits per heavy atom. The fourth-order valence-corrected chi connectivity index (χ4v) is 8.09. The maximum absolute atomic E-state index is 10.3. The number of hydrogen-bond donors (Lipinski definition) is 1. The molecule has 2 nitrogen and oxygen atoms in total. The molecule has 0 bridgehead atoms. The quantitative estimate of drug-likeness (QED) is 0.561. The summed E-state index contributed by atoms with van der Waals surface area (Å²) in [6, 6.07) is 21.2. The highest BCUT2D eigenvalue weighted by Crippen LogP contribution is 2.36. The SMILES string of the molecule is C=C[C@@H](C)[C@@H](O)CCO[Si](c1ccccc1)(c1ccccc1)C(C)(C)C. The third kappa shape index (κ3) is 4.34. The van der Waals surface area contributed by atoms with Crippen LogP contribution in [0.1, 0.15) is 34.1 Å². The average Bonchev–Trinajstić information content (AvgIpc) is 2.64. The smallest absolute Gasteiger partial charge is 0.261 e. The Bertz CT molecular complexity index is 637. The highest BCUT2D eigenvalue weighted by molar-refractivity contribution is 6.99. The van der Waals surface area contributed by atoms with E-state index in [1.807, 2.05) is 19.1 Å². The zero-order valence-electron chi connectivity index (χ0n) is 16.5. The third-order valence-corrected chi connectivity index (χ3v) is 10.2. The van der Waals surface area contributed by atoms with Crippen LogP contribution in [0.25, 0.3) is 0 Å². The summed E-state index contributed by atoms with van der Waals surface area (Å²) in [5.74, 6) is 0.0674. The van der Waals surface area contributed by atoms with Crippen LogP contribution in [0.5, 0.6) is 0 Å². The van der Waals surface area contributed by atoms with Gasteiger partial charge in [-0.1, -0.05) is 94.4 Å². The number of hydrogen-bond acceptors (Lipinski definition) is 2. The second kappa shape index (κ2) is 8.80. The molecule has 0 amide bonds. The van der Waals surface area contributed by atoms with E-state index in [9.17, 15) is 5.11 Å². The monoisotopic (exact) mass is 368 g/mol. The van der Waals surface area contributed by atoms with Crippen molar-refractivity contribution < 1.29 is 9.53 Å². The van der Waals surface area contributed by atoms with Gasteiger partial charge in [0, 0.05) is 6.61 Å². The van der Waals surface area contributed by atoms with E-state index >= 15 is 0 Å². The molecule has 0 saturated heterocycles. The summed E-state index contributed by atoms with van der Waals surface area (Å²) in [5.41, 5.74) is 0. The summed E-state index contributed by atoms with van der Waals surface area (Å²) in [4.78, 5) is 0. The van der Waals surface area contributed by atoms with Gasteiger partial charge >= 0.3 is 0 Å². The molecule has 0 aliphatic heterocycles. The Hall–Kier alpha value is -1.68. The van der Waals surface area contributed by atoms with Crippen LogP contribution in [-0.2, 0) is 4.43 Å². The minimum atomic E-state index is -2.50. The molecule has 140 valence electrons. The zero-order chi connectivity index (χ0) is 19.2. The summed E-state index contributed by atoms with van der Waals surface area (Å²) < 4.78 is 6.78. The molecular weight excluding hydrogens is 336 g/mol. The Kier molecular flexibility index (Phi) is 6.99. The van der Waals surface area contributed by atoms with E-state index in [4.69, 9.17) is 4.43 Å². The van der Waals surface area contributed by atoms with Gasteiger partial charge in [-0.05, 0) is 27.8 Å².